The number of anilines is 1. The van der Waals surface area contributed by atoms with Crippen molar-refractivity contribution in [3.05, 3.63) is 63.5 Å². The van der Waals surface area contributed by atoms with Crippen LogP contribution in [0.3, 0.4) is 0 Å². The van der Waals surface area contributed by atoms with E-state index in [1.165, 1.54) is 30.1 Å². The molecule has 2 aliphatic rings. The van der Waals surface area contributed by atoms with Gasteiger partial charge >= 0.3 is 0 Å². The van der Waals surface area contributed by atoms with Gasteiger partial charge < -0.3 is 10.1 Å². The summed E-state index contributed by atoms with van der Waals surface area (Å²) in [4.78, 5) is 22.0. The van der Waals surface area contributed by atoms with Gasteiger partial charge in [0.15, 0.2) is 9.84 Å². The number of halogens is 3. The number of rotatable bonds is 6. The first-order valence-corrected chi connectivity index (χ1v) is 13.7. The van der Waals surface area contributed by atoms with Crippen LogP contribution in [0.25, 0.3) is 11.0 Å². The van der Waals surface area contributed by atoms with E-state index in [2.05, 4.69) is 15.3 Å². The standard InChI is InChI=1S/C25H27F3N4O4S/c1-13(16-5-4-6-17(20(16)26)21(27)28)31-22-18-7-19(24(33)32(2)23(18)30-12-29-22)25(36-3)8-14-10-37(34,35)11-15(14)9-25/h4-7,12-15,21H,8-11H2,1-3H3,(H,29,30,31)/t13-,14?,15?,25?/m1/s1. The molecule has 0 radical (unpaired) electrons. The topological polar surface area (TPSA) is 103 Å². The Labute approximate surface area is 211 Å². The second-order valence-electron chi connectivity index (χ2n) is 10.0. The molecule has 2 aromatic heterocycles. The highest BCUT2D eigenvalue weighted by Gasteiger charge is 2.53. The number of alkyl halides is 2. The van der Waals surface area contributed by atoms with Crippen molar-refractivity contribution in [1.29, 1.82) is 0 Å². The van der Waals surface area contributed by atoms with Crippen molar-refractivity contribution in [1.82, 2.24) is 14.5 Å². The lowest BCUT2D eigenvalue weighted by molar-refractivity contribution is -0.0150. The highest BCUT2D eigenvalue weighted by atomic mass is 32.2. The largest absolute Gasteiger partial charge is 0.373 e. The van der Waals surface area contributed by atoms with Crippen LogP contribution < -0.4 is 10.9 Å². The monoisotopic (exact) mass is 536 g/mol. The lowest BCUT2D eigenvalue weighted by Crippen LogP contribution is -2.36. The second kappa shape index (κ2) is 9.09. The summed E-state index contributed by atoms with van der Waals surface area (Å²) >= 11 is 0. The summed E-state index contributed by atoms with van der Waals surface area (Å²) in [6.45, 7) is 1.62. The molecule has 5 rings (SSSR count). The van der Waals surface area contributed by atoms with Gasteiger partial charge in [0.1, 0.15) is 23.6 Å². The van der Waals surface area contributed by atoms with E-state index in [-0.39, 0.29) is 34.5 Å². The zero-order valence-electron chi connectivity index (χ0n) is 20.5. The third-order valence-corrected chi connectivity index (χ3v) is 9.66. The predicted octanol–water partition coefficient (Wildman–Crippen LogP) is 3.87. The predicted molar refractivity (Wildman–Crippen MR) is 132 cm³/mol. The Balaban J connectivity index is 1.57. The highest BCUT2D eigenvalue weighted by Crippen LogP contribution is 2.51. The number of aryl methyl sites for hydroxylation is 1. The van der Waals surface area contributed by atoms with Crippen molar-refractivity contribution in [3.63, 3.8) is 0 Å². The first kappa shape index (κ1) is 25.7. The fourth-order valence-electron chi connectivity index (χ4n) is 5.94. The molecule has 0 bridgehead atoms. The van der Waals surface area contributed by atoms with Crippen molar-refractivity contribution < 1.29 is 26.3 Å². The van der Waals surface area contributed by atoms with Gasteiger partial charge in [0, 0.05) is 19.7 Å². The minimum absolute atomic E-state index is 0.0489. The number of hydrogen-bond acceptors (Lipinski definition) is 7. The van der Waals surface area contributed by atoms with Crippen LogP contribution in [0, 0.1) is 17.7 Å². The fraction of sp³-hybridized carbons (Fsp3) is 0.480. The second-order valence-corrected chi connectivity index (χ2v) is 12.2. The zero-order chi connectivity index (χ0) is 26.7. The number of fused-ring (bicyclic) bond motifs is 2. The average Bonchev–Trinajstić information content (AvgIpc) is 3.32. The van der Waals surface area contributed by atoms with Gasteiger partial charge in [-0.25, -0.2) is 31.6 Å². The van der Waals surface area contributed by atoms with Gasteiger partial charge in [-0.1, -0.05) is 18.2 Å². The summed E-state index contributed by atoms with van der Waals surface area (Å²) in [6, 6.07) is 4.76. The Bertz CT molecular complexity index is 1520. The van der Waals surface area contributed by atoms with Crippen LogP contribution in [-0.2, 0) is 27.2 Å². The Morgan fingerprint density at radius 2 is 1.81 bits per heavy atom. The minimum atomic E-state index is -3.10. The molecule has 1 saturated heterocycles. The summed E-state index contributed by atoms with van der Waals surface area (Å²) < 4.78 is 72.8. The number of nitrogens with zero attached hydrogens (tertiary/aromatic N) is 3. The van der Waals surface area contributed by atoms with Gasteiger partial charge in [-0.05, 0) is 37.7 Å². The molecule has 1 aliphatic carbocycles. The maximum atomic E-state index is 14.8. The van der Waals surface area contributed by atoms with Crippen LogP contribution in [0.4, 0.5) is 19.0 Å². The maximum Gasteiger partial charge on any atom is 0.266 e. The number of sulfone groups is 1. The van der Waals surface area contributed by atoms with E-state index in [1.54, 1.807) is 20.0 Å². The molecule has 8 nitrogen and oxygen atoms in total. The number of aromatic nitrogens is 3. The number of hydrogen-bond donors (Lipinski definition) is 1. The number of pyridine rings is 1. The molecule has 1 saturated carbocycles. The van der Waals surface area contributed by atoms with Gasteiger partial charge in [-0.3, -0.25) is 9.36 Å². The molecule has 1 aromatic carbocycles. The molecule has 0 amide bonds. The van der Waals surface area contributed by atoms with Crippen LogP contribution in [0.5, 0.6) is 0 Å². The van der Waals surface area contributed by atoms with Crippen LogP contribution in [-0.4, -0.2) is 41.6 Å². The summed E-state index contributed by atoms with van der Waals surface area (Å²) in [5, 5.41) is 3.55. The summed E-state index contributed by atoms with van der Waals surface area (Å²) in [7, 11) is -0.0165. The molecule has 3 atom stereocenters. The molecule has 3 aromatic rings. The lowest BCUT2D eigenvalue weighted by Gasteiger charge is -2.29. The van der Waals surface area contributed by atoms with E-state index >= 15 is 0 Å². The van der Waals surface area contributed by atoms with E-state index in [9.17, 15) is 26.4 Å². The Hall–Kier alpha value is -2.99. The van der Waals surface area contributed by atoms with E-state index < -0.39 is 39.3 Å². The normalized spacial score (nSPS) is 25.5. The van der Waals surface area contributed by atoms with Crippen molar-refractivity contribution in [2.45, 2.75) is 37.8 Å². The smallest absolute Gasteiger partial charge is 0.266 e. The van der Waals surface area contributed by atoms with Gasteiger partial charge in [0.25, 0.3) is 12.0 Å². The number of ether oxygens (including phenoxy) is 1. The summed E-state index contributed by atoms with van der Waals surface area (Å²) in [5.74, 6) is -0.737. The van der Waals surface area contributed by atoms with Crippen molar-refractivity contribution >= 4 is 26.7 Å². The van der Waals surface area contributed by atoms with Gasteiger partial charge in [0.2, 0.25) is 0 Å². The Morgan fingerprint density at radius 3 is 2.43 bits per heavy atom. The Morgan fingerprint density at radius 1 is 1.16 bits per heavy atom. The van der Waals surface area contributed by atoms with Gasteiger partial charge in [-0.2, -0.15) is 0 Å². The SMILES string of the molecule is COC1(c2cc3c(N[C@H](C)c4cccc(C(F)F)c4F)ncnc3n(C)c2=O)CC2CS(=O)(=O)CC2C1. The lowest BCUT2D eigenvalue weighted by atomic mass is 9.90. The van der Waals surface area contributed by atoms with Gasteiger partial charge in [0.05, 0.1) is 39.7 Å². The fourth-order valence-corrected chi connectivity index (χ4v) is 8.16. The molecule has 1 aliphatic heterocycles. The highest BCUT2D eigenvalue weighted by molar-refractivity contribution is 7.91. The molecule has 12 heteroatoms. The summed E-state index contributed by atoms with van der Waals surface area (Å²) in [6.07, 6.45) is -0.895. The molecule has 198 valence electrons. The third kappa shape index (κ3) is 4.29. The molecular formula is C25H27F3N4O4S. The zero-order valence-corrected chi connectivity index (χ0v) is 21.4. The number of nitrogens with one attached hydrogen (secondary N) is 1. The first-order chi connectivity index (χ1) is 17.5. The van der Waals surface area contributed by atoms with Crippen molar-refractivity contribution in [2.75, 3.05) is 23.9 Å². The van der Waals surface area contributed by atoms with E-state index in [4.69, 9.17) is 4.74 Å². The van der Waals surface area contributed by atoms with Gasteiger partial charge in [-0.15, -0.1) is 0 Å². The third-order valence-electron chi connectivity index (χ3n) is 7.79. The van der Waals surface area contributed by atoms with Crippen LogP contribution in [0.15, 0.2) is 35.4 Å². The number of methoxy groups -OCH3 is 1. The van der Waals surface area contributed by atoms with Crippen LogP contribution in [0.2, 0.25) is 0 Å². The number of benzene rings is 1. The minimum Gasteiger partial charge on any atom is -0.373 e. The molecule has 3 heterocycles. The van der Waals surface area contributed by atoms with Crippen LogP contribution in [0.1, 0.15) is 48.9 Å². The van der Waals surface area contributed by atoms with Crippen LogP contribution >= 0.6 is 0 Å². The quantitative estimate of drug-likeness (QED) is 0.510. The van der Waals surface area contributed by atoms with E-state index in [0.717, 1.165) is 6.07 Å². The molecule has 2 unspecified atom stereocenters. The molecule has 0 spiro atoms. The average molecular weight is 537 g/mol. The molecule has 37 heavy (non-hydrogen) atoms. The summed E-state index contributed by atoms with van der Waals surface area (Å²) in [5.41, 5.74) is -1.22. The molecule has 1 N–H and O–H groups in total. The molecule has 2 fully saturated rings. The molecular weight excluding hydrogens is 509 g/mol. The first-order valence-electron chi connectivity index (χ1n) is 11.9. The Kier molecular flexibility index (Phi) is 6.30. The van der Waals surface area contributed by atoms with Crippen molar-refractivity contribution in [3.8, 4) is 0 Å². The van der Waals surface area contributed by atoms with E-state index in [0.29, 0.717) is 35.3 Å². The van der Waals surface area contributed by atoms with Crippen molar-refractivity contribution in [2.24, 2.45) is 18.9 Å². The maximum absolute atomic E-state index is 14.8. The van der Waals surface area contributed by atoms with E-state index in [1.807, 2.05) is 0 Å².